The van der Waals surface area contributed by atoms with Crippen LogP contribution < -0.4 is 20.1 Å². The first kappa shape index (κ1) is 18.7. The molecule has 0 aromatic heterocycles. The summed E-state index contributed by atoms with van der Waals surface area (Å²) >= 11 is 11.8. The fraction of sp³-hybridized carbons (Fsp3) is 0.125. The number of thiocarbonyl (C=S) groups is 1. The second-order valence-corrected chi connectivity index (χ2v) is 6.78. The average molecular weight is 474 g/mol. The zero-order chi connectivity index (χ0) is 17.5. The van der Waals surface area contributed by atoms with Crippen molar-refractivity contribution in [2.45, 2.75) is 0 Å². The smallest absolute Gasteiger partial charge is 0.264 e. The summed E-state index contributed by atoms with van der Waals surface area (Å²) in [5.74, 6) is 0.905. The van der Waals surface area contributed by atoms with Gasteiger partial charge in [0.25, 0.3) is 5.91 Å². The number of hydrogen-bond donors (Lipinski definition) is 2. The Morgan fingerprint density at radius 3 is 2.71 bits per heavy atom. The monoisotopic (exact) mass is 472 g/mol. The highest BCUT2D eigenvalue weighted by Crippen LogP contribution is 2.28. The minimum atomic E-state index is -0.356. The van der Waals surface area contributed by atoms with Gasteiger partial charge in [-0.2, -0.15) is 0 Å². The Bertz CT molecular complexity index is 756. The van der Waals surface area contributed by atoms with Crippen LogP contribution >= 0.6 is 44.1 Å². The van der Waals surface area contributed by atoms with Crippen molar-refractivity contribution in [1.82, 2.24) is 5.32 Å². The summed E-state index contributed by atoms with van der Waals surface area (Å²) in [4.78, 5) is 11.9. The molecule has 2 N–H and O–H groups in total. The molecule has 0 aliphatic carbocycles. The SMILES string of the molecule is COc1cccc(NC(=S)NC(=O)COc2ccc(Br)cc2Br)c1. The Hall–Kier alpha value is -1.64. The molecule has 0 atom stereocenters. The fourth-order valence-electron chi connectivity index (χ4n) is 1.76. The van der Waals surface area contributed by atoms with Crippen LogP contribution in [0.1, 0.15) is 0 Å². The van der Waals surface area contributed by atoms with Gasteiger partial charge in [0.2, 0.25) is 0 Å². The van der Waals surface area contributed by atoms with Crippen molar-refractivity contribution in [2.75, 3.05) is 19.0 Å². The van der Waals surface area contributed by atoms with Gasteiger partial charge in [-0.05, 0) is 58.5 Å². The van der Waals surface area contributed by atoms with Crippen LogP contribution in [0.15, 0.2) is 51.4 Å². The molecule has 2 rings (SSSR count). The Kier molecular flexibility index (Phi) is 7.01. The Labute approximate surface area is 162 Å². The molecule has 1 amide bonds. The van der Waals surface area contributed by atoms with Gasteiger partial charge >= 0.3 is 0 Å². The first-order valence-electron chi connectivity index (χ1n) is 6.80. The van der Waals surface area contributed by atoms with Crippen LogP contribution in [-0.2, 0) is 4.79 Å². The molecule has 0 bridgehead atoms. The van der Waals surface area contributed by atoms with Gasteiger partial charge in [0.1, 0.15) is 11.5 Å². The first-order valence-corrected chi connectivity index (χ1v) is 8.80. The van der Waals surface area contributed by atoms with Gasteiger partial charge in [0.15, 0.2) is 11.7 Å². The van der Waals surface area contributed by atoms with E-state index in [4.69, 9.17) is 21.7 Å². The number of amides is 1. The van der Waals surface area contributed by atoms with E-state index in [-0.39, 0.29) is 17.6 Å². The van der Waals surface area contributed by atoms with E-state index in [0.717, 1.165) is 14.6 Å². The molecule has 0 saturated heterocycles. The van der Waals surface area contributed by atoms with Crippen molar-refractivity contribution in [1.29, 1.82) is 0 Å². The molecule has 2 aromatic carbocycles. The third-order valence-electron chi connectivity index (χ3n) is 2.83. The van der Waals surface area contributed by atoms with E-state index in [0.29, 0.717) is 11.5 Å². The number of hydrogen-bond acceptors (Lipinski definition) is 4. The number of methoxy groups -OCH3 is 1. The van der Waals surface area contributed by atoms with Crippen molar-refractivity contribution < 1.29 is 14.3 Å². The number of benzene rings is 2. The van der Waals surface area contributed by atoms with Crippen molar-refractivity contribution in [3.63, 3.8) is 0 Å². The Balaban J connectivity index is 1.84. The van der Waals surface area contributed by atoms with Gasteiger partial charge in [-0.1, -0.05) is 22.0 Å². The van der Waals surface area contributed by atoms with E-state index in [9.17, 15) is 4.79 Å². The highest BCUT2D eigenvalue weighted by Gasteiger charge is 2.08. The number of halogens is 2. The predicted molar refractivity (Wildman–Crippen MR) is 105 cm³/mol. The molecule has 0 aliphatic heterocycles. The maximum absolute atomic E-state index is 11.9. The van der Waals surface area contributed by atoms with Crippen molar-refractivity contribution >= 4 is 60.8 Å². The number of carbonyl (C=O) groups is 1. The summed E-state index contributed by atoms with van der Waals surface area (Å²) in [6.45, 7) is -0.153. The molecular formula is C16H14Br2N2O3S. The van der Waals surface area contributed by atoms with Gasteiger partial charge in [-0.25, -0.2) is 0 Å². The molecule has 24 heavy (non-hydrogen) atoms. The lowest BCUT2D eigenvalue weighted by Gasteiger charge is -2.11. The van der Waals surface area contributed by atoms with Gasteiger partial charge in [-0.15, -0.1) is 0 Å². The quantitative estimate of drug-likeness (QED) is 0.640. The number of carbonyl (C=O) groups excluding carboxylic acids is 1. The topological polar surface area (TPSA) is 59.6 Å². The zero-order valence-electron chi connectivity index (χ0n) is 12.6. The summed E-state index contributed by atoms with van der Waals surface area (Å²) in [5.41, 5.74) is 0.719. The molecule has 0 unspecified atom stereocenters. The van der Waals surface area contributed by atoms with Gasteiger partial charge < -0.3 is 14.8 Å². The highest BCUT2D eigenvalue weighted by atomic mass is 79.9. The summed E-state index contributed by atoms with van der Waals surface area (Å²) in [6.07, 6.45) is 0. The summed E-state index contributed by atoms with van der Waals surface area (Å²) in [6, 6.07) is 12.6. The predicted octanol–water partition coefficient (Wildman–Crippen LogP) is 4.11. The fourth-order valence-corrected chi connectivity index (χ4v) is 3.15. The van der Waals surface area contributed by atoms with Crippen molar-refractivity contribution in [3.05, 3.63) is 51.4 Å². The summed E-state index contributed by atoms with van der Waals surface area (Å²) in [7, 11) is 1.58. The standard InChI is InChI=1S/C16H14Br2N2O3S/c1-22-12-4-2-3-11(8-12)19-16(24)20-15(21)9-23-14-6-5-10(17)7-13(14)18/h2-8H,9H2,1H3,(H2,19,20,21,24). The molecule has 0 aliphatic rings. The van der Waals surface area contributed by atoms with Gasteiger partial charge in [0, 0.05) is 16.2 Å². The second-order valence-electron chi connectivity index (χ2n) is 4.60. The number of nitrogens with one attached hydrogen (secondary N) is 2. The van der Waals surface area contributed by atoms with E-state index >= 15 is 0 Å². The number of anilines is 1. The molecular weight excluding hydrogens is 460 g/mol. The third kappa shape index (κ3) is 5.77. The lowest BCUT2D eigenvalue weighted by Crippen LogP contribution is -2.37. The van der Waals surface area contributed by atoms with Crippen LogP contribution in [0, 0.1) is 0 Å². The normalized spacial score (nSPS) is 9.96. The molecule has 5 nitrogen and oxygen atoms in total. The van der Waals surface area contributed by atoms with Gasteiger partial charge in [0.05, 0.1) is 11.6 Å². The minimum absolute atomic E-state index is 0.153. The molecule has 126 valence electrons. The molecule has 0 saturated carbocycles. The molecule has 2 aromatic rings. The van der Waals surface area contributed by atoms with Crippen molar-refractivity contribution in [3.8, 4) is 11.5 Å². The van der Waals surface area contributed by atoms with Gasteiger partial charge in [-0.3, -0.25) is 10.1 Å². The van der Waals surface area contributed by atoms with Crippen LogP contribution in [0.5, 0.6) is 11.5 Å². The third-order valence-corrected chi connectivity index (χ3v) is 4.15. The maximum atomic E-state index is 11.9. The number of rotatable bonds is 5. The van der Waals surface area contributed by atoms with E-state index in [2.05, 4.69) is 42.5 Å². The molecule has 0 heterocycles. The summed E-state index contributed by atoms with van der Waals surface area (Å²) in [5, 5.41) is 5.66. The lowest BCUT2D eigenvalue weighted by atomic mass is 10.3. The average Bonchev–Trinajstić information content (AvgIpc) is 2.54. The first-order chi connectivity index (χ1) is 11.5. The molecule has 8 heteroatoms. The molecule has 0 radical (unpaired) electrons. The molecule has 0 spiro atoms. The van der Waals surface area contributed by atoms with Crippen LogP contribution in [-0.4, -0.2) is 24.7 Å². The van der Waals surface area contributed by atoms with E-state index < -0.39 is 0 Å². The maximum Gasteiger partial charge on any atom is 0.264 e. The number of ether oxygens (including phenoxy) is 2. The van der Waals surface area contributed by atoms with E-state index in [1.807, 2.05) is 30.3 Å². The van der Waals surface area contributed by atoms with E-state index in [1.165, 1.54) is 0 Å². The van der Waals surface area contributed by atoms with Crippen LogP contribution in [0.3, 0.4) is 0 Å². The Morgan fingerprint density at radius 2 is 2.00 bits per heavy atom. The van der Waals surface area contributed by atoms with Crippen LogP contribution in [0.2, 0.25) is 0 Å². The van der Waals surface area contributed by atoms with E-state index in [1.54, 1.807) is 19.2 Å². The van der Waals surface area contributed by atoms with Crippen LogP contribution in [0.25, 0.3) is 0 Å². The van der Waals surface area contributed by atoms with Crippen LogP contribution in [0.4, 0.5) is 5.69 Å². The second kappa shape index (κ2) is 9.00. The molecule has 0 fully saturated rings. The van der Waals surface area contributed by atoms with Crippen molar-refractivity contribution in [2.24, 2.45) is 0 Å². The largest absolute Gasteiger partial charge is 0.497 e. The minimum Gasteiger partial charge on any atom is -0.497 e. The zero-order valence-corrected chi connectivity index (χ0v) is 16.6. The highest BCUT2D eigenvalue weighted by molar-refractivity contribution is 9.11. The summed E-state index contributed by atoms with van der Waals surface area (Å²) < 4.78 is 12.2. The lowest BCUT2D eigenvalue weighted by molar-refractivity contribution is -0.121. The Morgan fingerprint density at radius 1 is 1.21 bits per heavy atom.